The van der Waals surface area contributed by atoms with Gasteiger partial charge in [0.05, 0.1) is 35.0 Å². The molecule has 0 unspecified atom stereocenters. The van der Waals surface area contributed by atoms with Crippen LogP contribution in [0.3, 0.4) is 0 Å². The molecular formula is C23H34IN3O4. The SMILES string of the molecule is CCNC(=NCc1cc(OC)c(OC)c(OC)c1)NCCCc1ccc(OC)cc1.I. The van der Waals surface area contributed by atoms with Crippen LogP contribution in [0.4, 0.5) is 0 Å². The lowest BCUT2D eigenvalue weighted by Crippen LogP contribution is -2.37. The minimum absolute atomic E-state index is 0. The molecule has 2 aromatic rings. The third-order valence-electron chi connectivity index (χ3n) is 4.58. The molecule has 0 heterocycles. The second-order valence-corrected chi connectivity index (χ2v) is 6.61. The first-order valence-corrected chi connectivity index (χ1v) is 10.1. The van der Waals surface area contributed by atoms with E-state index in [9.17, 15) is 0 Å². The fraction of sp³-hybridized carbons (Fsp3) is 0.435. The molecular weight excluding hydrogens is 509 g/mol. The lowest BCUT2D eigenvalue weighted by Gasteiger charge is -2.14. The molecule has 8 heteroatoms. The lowest BCUT2D eigenvalue weighted by atomic mass is 10.1. The quantitative estimate of drug-likeness (QED) is 0.193. The van der Waals surface area contributed by atoms with Crippen LogP contribution in [-0.4, -0.2) is 47.5 Å². The highest BCUT2D eigenvalue weighted by Crippen LogP contribution is 2.38. The molecule has 0 bridgehead atoms. The summed E-state index contributed by atoms with van der Waals surface area (Å²) in [4.78, 5) is 4.68. The Labute approximate surface area is 202 Å². The van der Waals surface area contributed by atoms with Crippen molar-refractivity contribution in [3.8, 4) is 23.0 Å². The maximum Gasteiger partial charge on any atom is 0.203 e. The summed E-state index contributed by atoms with van der Waals surface area (Å²) in [5.41, 5.74) is 2.26. The molecule has 0 atom stereocenters. The second kappa shape index (κ2) is 14.6. The molecule has 31 heavy (non-hydrogen) atoms. The first kappa shape index (κ1) is 26.7. The molecule has 7 nitrogen and oxygen atoms in total. The van der Waals surface area contributed by atoms with Gasteiger partial charge >= 0.3 is 0 Å². The summed E-state index contributed by atoms with van der Waals surface area (Å²) in [6, 6.07) is 12.0. The number of ether oxygens (including phenoxy) is 4. The van der Waals surface area contributed by atoms with E-state index < -0.39 is 0 Å². The van der Waals surface area contributed by atoms with E-state index in [0.29, 0.717) is 23.8 Å². The van der Waals surface area contributed by atoms with Crippen molar-refractivity contribution in [3.05, 3.63) is 47.5 Å². The van der Waals surface area contributed by atoms with Crippen LogP contribution in [0, 0.1) is 0 Å². The number of aliphatic imine (C=N–C) groups is 1. The molecule has 0 radical (unpaired) electrons. The fourth-order valence-electron chi connectivity index (χ4n) is 3.03. The zero-order valence-electron chi connectivity index (χ0n) is 19.0. The number of guanidine groups is 1. The standard InChI is InChI=1S/C23H33N3O4.HI/c1-6-24-23(25-13-7-8-17-9-11-19(27-2)12-10-17)26-16-18-14-20(28-3)22(30-5)21(15-18)29-4;/h9-12,14-15H,6-8,13,16H2,1-5H3,(H2,24,25,26);1H. The Morgan fingerprint density at radius 3 is 2.00 bits per heavy atom. The Hall–Kier alpha value is -2.36. The summed E-state index contributed by atoms with van der Waals surface area (Å²) < 4.78 is 21.4. The molecule has 172 valence electrons. The third kappa shape index (κ3) is 8.35. The monoisotopic (exact) mass is 543 g/mol. The zero-order chi connectivity index (χ0) is 21.8. The Kier molecular flexibility index (Phi) is 12.6. The van der Waals surface area contributed by atoms with Crippen molar-refractivity contribution in [2.75, 3.05) is 41.5 Å². The van der Waals surface area contributed by atoms with Gasteiger partial charge in [0, 0.05) is 13.1 Å². The number of methoxy groups -OCH3 is 4. The second-order valence-electron chi connectivity index (χ2n) is 6.61. The Bertz CT molecular complexity index is 788. The van der Waals surface area contributed by atoms with Crippen LogP contribution in [-0.2, 0) is 13.0 Å². The normalized spacial score (nSPS) is 10.7. The molecule has 0 saturated heterocycles. The minimum Gasteiger partial charge on any atom is -0.497 e. The molecule has 0 aliphatic heterocycles. The van der Waals surface area contributed by atoms with Crippen LogP contribution in [0.5, 0.6) is 23.0 Å². The molecule has 0 fully saturated rings. The highest BCUT2D eigenvalue weighted by molar-refractivity contribution is 14.0. The summed E-state index contributed by atoms with van der Waals surface area (Å²) >= 11 is 0. The Morgan fingerprint density at radius 1 is 0.839 bits per heavy atom. The average Bonchev–Trinajstić information content (AvgIpc) is 2.79. The number of aryl methyl sites for hydroxylation is 1. The maximum atomic E-state index is 5.42. The van der Waals surface area contributed by atoms with Crippen molar-refractivity contribution in [1.82, 2.24) is 10.6 Å². The van der Waals surface area contributed by atoms with Gasteiger partial charge in [-0.2, -0.15) is 0 Å². The van der Waals surface area contributed by atoms with Gasteiger partial charge < -0.3 is 29.6 Å². The Balaban J connectivity index is 0.00000480. The average molecular weight is 543 g/mol. The first-order chi connectivity index (χ1) is 14.6. The van der Waals surface area contributed by atoms with E-state index in [0.717, 1.165) is 43.2 Å². The molecule has 2 aromatic carbocycles. The summed E-state index contributed by atoms with van der Waals surface area (Å²) in [7, 11) is 6.49. The predicted molar refractivity (Wildman–Crippen MR) is 136 cm³/mol. The van der Waals surface area contributed by atoms with Crippen molar-refractivity contribution < 1.29 is 18.9 Å². The number of nitrogens with one attached hydrogen (secondary N) is 2. The van der Waals surface area contributed by atoms with Gasteiger partial charge in [0.25, 0.3) is 0 Å². The molecule has 2 rings (SSSR count). The first-order valence-electron chi connectivity index (χ1n) is 10.1. The number of nitrogens with zero attached hydrogens (tertiary/aromatic N) is 1. The summed E-state index contributed by atoms with van der Waals surface area (Å²) in [5, 5.41) is 6.67. The number of hydrogen-bond donors (Lipinski definition) is 2. The van der Waals surface area contributed by atoms with Crippen LogP contribution in [0.15, 0.2) is 41.4 Å². The largest absolute Gasteiger partial charge is 0.497 e. The molecule has 0 aromatic heterocycles. The van der Waals surface area contributed by atoms with Gasteiger partial charge in [-0.1, -0.05) is 12.1 Å². The number of hydrogen-bond acceptors (Lipinski definition) is 5. The van der Waals surface area contributed by atoms with Crippen molar-refractivity contribution >= 4 is 29.9 Å². The van der Waals surface area contributed by atoms with E-state index in [2.05, 4.69) is 27.8 Å². The smallest absolute Gasteiger partial charge is 0.203 e. The summed E-state index contributed by atoms with van der Waals surface area (Å²) in [5.74, 6) is 3.49. The van der Waals surface area contributed by atoms with Gasteiger partial charge in [-0.15, -0.1) is 24.0 Å². The third-order valence-corrected chi connectivity index (χ3v) is 4.58. The summed E-state index contributed by atoms with van der Waals surface area (Å²) in [6.45, 7) is 4.16. The van der Waals surface area contributed by atoms with Gasteiger partial charge in [-0.05, 0) is 55.2 Å². The molecule has 0 aliphatic carbocycles. The van der Waals surface area contributed by atoms with Gasteiger partial charge in [-0.3, -0.25) is 0 Å². The highest BCUT2D eigenvalue weighted by atomic mass is 127. The van der Waals surface area contributed by atoms with Crippen LogP contribution in [0.25, 0.3) is 0 Å². The topological polar surface area (TPSA) is 73.3 Å². The van der Waals surface area contributed by atoms with Crippen molar-refractivity contribution in [2.24, 2.45) is 4.99 Å². The summed E-state index contributed by atoms with van der Waals surface area (Å²) in [6.07, 6.45) is 1.99. The zero-order valence-corrected chi connectivity index (χ0v) is 21.3. The maximum absolute atomic E-state index is 5.42. The van der Waals surface area contributed by atoms with E-state index >= 15 is 0 Å². The van der Waals surface area contributed by atoms with E-state index in [-0.39, 0.29) is 24.0 Å². The molecule has 2 N–H and O–H groups in total. The van der Waals surface area contributed by atoms with Crippen LogP contribution >= 0.6 is 24.0 Å². The van der Waals surface area contributed by atoms with Crippen molar-refractivity contribution in [1.29, 1.82) is 0 Å². The number of rotatable bonds is 11. The van der Waals surface area contributed by atoms with Gasteiger partial charge in [0.1, 0.15) is 5.75 Å². The number of benzene rings is 2. The predicted octanol–water partition coefficient (Wildman–Crippen LogP) is 4.03. The van der Waals surface area contributed by atoms with Gasteiger partial charge in [0.2, 0.25) is 5.75 Å². The fourth-order valence-corrected chi connectivity index (χ4v) is 3.03. The Morgan fingerprint density at radius 2 is 1.48 bits per heavy atom. The lowest BCUT2D eigenvalue weighted by molar-refractivity contribution is 0.324. The highest BCUT2D eigenvalue weighted by Gasteiger charge is 2.13. The van der Waals surface area contributed by atoms with E-state index in [4.69, 9.17) is 18.9 Å². The number of halogens is 1. The van der Waals surface area contributed by atoms with Crippen LogP contribution in [0.1, 0.15) is 24.5 Å². The van der Waals surface area contributed by atoms with Gasteiger partial charge in [-0.25, -0.2) is 4.99 Å². The van der Waals surface area contributed by atoms with Crippen LogP contribution in [0.2, 0.25) is 0 Å². The van der Waals surface area contributed by atoms with E-state index in [1.807, 2.05) is 31.2 Å². The molecule has 0 amide bonds. The van der Waals surface area contributed by atoms with Gasteiger partial charge in [0.15, 0.2) is 17.5 Å². The van der Waals surface area contributed by atoms with E-state index in [1.165, 1.54) is 5.56 Å². The molecule has 0 aliphatic rings. The van der Waals surface area contributed by atoms with Crippen molar-refractivity contribution in [2.45, 2.75) is 26.3 Å². The van der Waals surface area contributed by atoms with Crippen molar-refractivity contribution in [3.63, 3.8) is 0 Å². The van der Waals surface area contributed by atoms with E-state index in [1.54, 1.807) is 28.4 Å². The minimum atomic E-state index is 0. The molecule has 0 saturated carbocycles. The molecule has 0 spiro atoms. The van der Waals surface area contributed by atoms with Crippen LogP contribution < -0.4 is 29.6 Å².